The molecule has 2 rings (SSSR count). The van der Waals surface area contributed by atoms with E-state index in [0.29, 0.717) is 6.61 Å². The van der Waals surface area contributed by atoms with E-state index in [9.17, 15) is 0 Å². The van der Waals surface area contributed by atoms with Crippen molar-refractivity contribution < 1.29 is 9.47 Å². The van der Waals surface area contributed by atoms with Crippen LogP contribution in [0.25, 0.3) is 0 Å². The molecule has 20 heavy (non-hydrogen) atoms. The molecule has 0 saturated heterocycles. The minimum atomic E-state index is 0.716. The van der Waals surface area contributed by atoms with Gasteiger partial charge in [-0.2, -0.15) is 0 Å². The zero-order chi connectivity index (χ0) is 14.0. The third-order valence-corrected chi connectivity index (χ3v) is 3.00. The predicted molar refractivity (Wildman–Crippen MR) is 81.3 cm³/mol. The normalized spacial score (nSPS) is 10.2. The van der Waals surface area contributed by atoms with Gasteiger partial charge in [-0.05, 0) is 42.8 Å². The summed E-state index contributed by atoms with van der Waals surface area (Å²) in [4.78, 5) is 0. The number of hydrogen-bond acceptors (Lipinski definition) is 3. The topological polar surface area (TPSA) is 30.5 Å². The van der Waals surface area contributed by atoms with E-state index >= 15 is 0 Å². The monoisotopic (exact) mass is 271 g/mol. The van der Waals surface area contributed by atoms with Crippen LogP contribution < -0.4 is 14.8 Å². The summed E-state index contributed by atoms with van der Waals surface area (Å²) in [5, 5.41) is 3.41. The number of rotatable bonds is 8. The van der Waals surface area contributed by atoms with E-state index in [1.165, 1.54) is 5.56 Å². The Kier molecular flexibility index (Phi) is 5.93. The molecule has 2 aromatic rings. The molecule has 0 heterocycles. The Morgan fingerprint density at radius 2 is 1.60 bits per heavy atom. The lowest BCUT2D eigenvalue weighted by atomic mass is 10.2. The summed E-state index contributed by atoms with van der Waals surface area (Å²) in [5.41, 5.74) is 1.31. The highest BCUT2D eigenvalue weighted by Crippen LogP contribution is 2.16. The van der Waals surface area contributed by atoms with Crippen LogP contribution in [0.4, 0.5) is 0 Å². The Hall–Kier alpha value is -2.00. The molecular weight excluding hydrogens is 250 g/mol. The lowest BCUT2D eigenvalue weighted by Crippen LogP contribution is -2.16. The van der Waals surface area contributed by atoms with Crippen LogP contribution in [0, 0.1) is 0 Å². The molecule has 0 aliphatic heterocycles. The number of benzene rings is 2. The van der Waals surface area contributed by atoms with Crippen molar-refractivity contribution in [3.8, 4) is 11.5 Å². The van der Waals surface area contributed by atoms with Gasteiger partial charge >= 0.3 is 0 Å². The second-order valence-electron chi connectivity index (χ2n) is 4.54. The third-order valence-electron chi connectivity index (χ3n) is 3.00. The fraction of sp³-hybridized carbons (Fsp3) is 0.294. The largest absolute Gasteiger partial charge is 0.497 e. The first-order valence-electron chi connectivity index (χ1n) is 6.90. The summed E-state index contributed by atoms with van der Waals surface area (Å²) in [6.07, 6.45) is 0.985. The van der Waals surface area contributed by atoms with Gasteiger partial charge in [-0.15, -0.1) is 0 Å². The zero-order valence-corrected chi connectivity index (χ0v) is 11.8. The summed E-state index contributed by atoms with van der Waals surface area (Å²) in [7, 11) is 1.66. The third kappa shape index (κ3) is 4.94. The van der Waals surface area contributed by atoms with Gasteiger partial charge < -0.3 is 14.8 Å². The van der Waals surface area contributed by atoms with Crippen LogP contribution in [0.1, 0.15) is 12.0 Å². The summed E-state index contributed by atoms with van der Waals surface area (Å²) < 4.78 is 10.8. The fourth-order valence-corrected chi connectivity index (χ4v) is 1.89. The Labute approximate surface area is 120 Å². The van der Waals surface area contributed by atoms with Crippen molar-refractivity contribution in [2.45, 2.75) is 13.0 Å². The van der Waals surface area contributed by atoms with Crippen molar-refractivity contribution in [3.05, 3.63) is 60.2 Å². The quantitative estimate of drug-likeness (QED) is 0.748. The first-order valence-corrected chi connectivity index (χ1v) is 6.90. The molecule has 0 atom stereocenters. The summed E-state index contributed by atoms with van der Waals surface area (Å²) in [5.74, 6) is 1.73. The molecule has 0 saturated carbocycles. The van der Waals surface area contributed by atoms with Crippen molar-refractivity contribution in [1.82, 2.24) is 5.32 Å². The highest BCUT2D eigenvalue weighted by Gasteiger charge is 1.95. The van der Waals surface area contributed by atoms with Crippen molar-refractivity contribution >= 4 is 0 Å². The molecule has 0 aliphatic rings. The second-order valence-corrected chi connectivity index (χ2v) is 4.54. The number of hydrogen-bond donors (Lipinski definition) is 1. The molecular formula is C17H21NO2. The van der Waals surface area contributed by atoms with Gasteiger partial charge in [-0.1, -0.05) is 30.3 Å². The molecule has 0 bridgehead atoms. The molecule has 2 aromatic carbocycles. The van der Waals surface area contributed by atoms with Crippen LogP contribution in [0.2, 0.25) is 0 Å². The highest BCUT2D eigenvalue weighted by molar-refractivity contribution is 5.31. The second kappa shape index (κ2) is 8.23. The Morgan fingerprint density at radius 3 is 2.30 bits per heavy atom. The number of methoxy groups -OCH3 is 1. The van der Waals surface area contributed by atoms with E-state index in [2.05, 4.69) is 29.6 Å². The molecule has 0 amide bonds. The number of ether oxygens (including phenoxy) is 2. The standard InChI is InChI=1S/C17H21NO2/c1-19-16-8-10-17(11-9-16)20-13-5-12-18-14-15-6-3-2-4-7-15/h2-4,6-11,18H,5,12-14H2,1H3. The van der Waals surface area contributed by atoms with E-state index < -0.39 is 0 Å². The van der Waals surface area contributed by atoms with Gasteiger partial charge in [0.25, 0.3) is 0 Å². The maximum absolute atomic E-state index is 5.66. The summed E-state index contributed by atoms with van der Waals surface area (Å²) in [6, 6.07) is 18.1. The van der Waals surface area contributed by atoms with Crippen LogP contribution in [0.3, 0.4) is 0 Å². The lowest BCUT2D eigenvalue weighted by molar-refractivity contribution is 0.307. The van der Waals surface area contributed by atoms with Gasteiger partial charge in [0.15, 0.2) is 0 Å². The van der Waals surface area contributed by atoms with Crippen LogP contribution in [0.5, 0.6) is 11.5 Å². The molecule has 0 fully saturated rings. The Bertz CT molecular complexity index is 482. The first kappa shape index (κ1) is 14.4. The van der Waals surface area contributed by atoms with E-state index in [-0.39, 0.29) is 0 Å². The highest BCUT2D eigenvalue weighted by atomic mass is 16.5. The molecule has 106 valence electrons. The summed E-state index contributed by atoms with van der Waals surface area (Å²) in [6.45, 7) is 2.57. The molecule has 1 N–H and O–H groups in total. The molecule has 0 unspecified atom stereocenters. The molecule has 0 aliphatic carbocycles. The van der Waals surface area contributed by atoms with Crippen molar-refractivity contribution in [2.75, 3.05) is 20.3 Å². The van der Waals surface area contributed by atoms with E-state index in [1.807, 2.05) is 30.3 Å². The van der Waals surface area contributed by atoms with Crippen LogP contribution in [-0.2, 0) is 6.54 Å². The molecule has 0 spiro atoms. The van der Waals surface area contributed by atoms with Crippen molar-refractivity contribution in [1.29, 1.82) is 0 Å². The smallest absolute Gasteiger partial charge is 0.119 e. The van der Waals surface area contributed by atoms with Gasteiger partial charge in [0, 0.05) is 6.54 Å². The van der Waals surface area contributed by atoms with Gasteiger partial charge in [0.1, 0.15) is 11.5 Å². The van der Waals surface area contributed by atoms with E-state index in [4.69, 9.17) is 9.47 Å². The van der Waals surface area contributed by atoms with Gasteiger partial charge in [0.2, 0.25) is 0 Å². The maximum atomic E-state index is 5.66. The van der Waals surface area contributed by atoms with E-state index in [0.717, 1.165) is 31.0 Å². The fourth-order valence-electron chi connectivity index (χ4n) is 1.89. The van der Waals surface area contributed by atoms with Crippen LogP contribution in [-0.4, -0.2) is 20.3 Å². The average molecular weight is 271 g/mol. The van der Waals surface area contributed by atoms with Gasteiger partial charge in [-0.3, -0.25) is 0 Å². The van der Waals surface area contributed by atoms with Gasteiger partial charge in [0.05, 0.1) is 13.7 Å². The Morgan fingerprint density at radius 1 is 0.900 bits per heavy atom. The molecule has 3 heteroatoms. The minimum absolute atomic E-state index is 0.716. The molecule has 3 nitrogen and oxygen atoms in total. The minimum Gasteiger partial charge on any atom is -0.497 e. The number of nitrogens with one attached hydrogen (secondary N) is 1. The van der Waals surface area contributed by atoms with Gasteiger partial charge in [-0.25, -0.2) is 0 Å². The van der Waals surface area contributed by atoms with Crippen molar-refractivity contribution in [2.24, 2.45) is 0 Å². The Balaban J connectivity index is 1.57. The van der Waals surface area contributed by atoms with Crippen LogP contribution >= 0.6 is 0 Å². The predicted octanol–water partition coefficient (Wildman–Crippen LogP) is 3.25. The molecule has 0 aromatic heterocycles. The van der Waals surface area contributed by atoms with E-state index in [1.54, 1.807) is 7.11 Å². The SMILES string of the molecule is COc1ccc(OCCCNCc2ccccc2)cc1. The zero-order valence-electron chi connectivity index (χ0n) is 11.8. The first-order chi connectivity index (χ1) is 9.88. The average Bonchev–Trinajstić information content (AvgIpc) is 2.52. The van der Waals surface area contributed by atoms with Crippen molar-refractivity contribution in [3.63, 3.8) is 0 Å². The maximum Gasteiger partial charge on any atom is 0.119 e. The lowest BCUT2D eigenvalue weighted by Gasteiger charge is -2.08. The molecule has 0 radical (unpaired) electrons. The van der Waals surface area contributed by atoms with Crippen LogP contribution in [0.15, 0.2) is 54.6 Å². The summed E-state index contributed by atoms with van der Waals surface area (Å²) >= 11 is 0.